The van der Waals surface area contributed by atoms with E-state index in [9.17, 15) is 0 Å². The fourth-order valence-corrected chi connectivity index (χ4v) is 3.20. The van der Waals surface area contributed by atoms with Crippen molar-refractivity contribution in [3.63, 3.8) is 0 Å². The summed E-state index contributed by atoms with van der Waals surface area (Å²) in [6.45, 7) is 2.26. The molecule has 80 valence electrons. The van der Waals surface area contributed by atoms with Crippen molar-refractivity contribution in [3.05, 3.63) is 0 Å². The second kappa shape index (κ2) is 13.0. The van der Waals surface area contributed by atoms with Crippen LogP contribution in [0.4, 0.5) is 0 Å². The van der Waals surface area contributed by atoms with Crippen LogP contribution in [0.1, 0.15) is 32.6 Å². The molecule has 0 fully saturated rings. The van der Waals surface area contributed by atoms with Gasteiger partial charge in [0.15, 0.2) is 0 Å². The summed E-state index contributed by atoms with van der Waals surface area (Å²) < 4.78 is 0. The Hall–Kier alpha value is 0.990. The van der Waals surface area contributed by atoms with Crippen molar-refractivity contribution in [3.8, 4) is 0 Å². The second-order valence-corrected chi connectivity index (χ2v) is 5.80. The lowest BCUT2D eigenvalue weighted by atomic mass is 10.2. The van der Waals surface area contributed by atoms with E-state index in [0.29, 0.717) is 0 Å². The maximum absolute atomic E-state index is 5.57. The molecule has 0 aliphatic heterocycles. The Morgan fingerprint density at radius 3 is 2.15 bits per heavy atom. The molecule has 0 rings (SSSR count). The summed E-state index contributed by atoms with van der Waals surface area (Å²) in [4.78, 5) is 0. The molecule has 13 heavy (non-hydrogen) atoms. The van der Waals surface area contributed by atoms with E-state index in [-0.39, 0.29) is 0 Å². The van der Waals surface area contributed by atoms with Crippen LogP contribution in [0.5, 0.6) is 0 Å². The fourth-order valence-electron chi connectivity index (χ4n) is 1.01. The predicted octanol–water partition coefficient (Wildman–Crippen LogP) is 4.27. The Morgan fingerprint density at radius 1 is 0.846 bits per heavy atom. The molecule has 3 heteroatoms. The second-order valence-electron chi connectivity index (χ2n) is 2.97. The summed E-state index contributed by atoms with van der Waals surface area (Å²) in [6.07, 6.45) is 5.56. The molecule has 0 aliphatic rings. The molecule has 0 saturated carbocycles. The van der Waals surface area contributed by atoms with Crippen molar-refractivity contribution in [2.45, 2.75) is 32.6 Å². The van der Waals surface area contributed by atoms with Crippen molar-refractivity contribution in [1.29, 1.82) is 0 Å². The largest absolute Gasteiger partial charge is 0.161 e. The SMILES string of the molecule is CCCCCCSCCSCCCl. The molecule has 0 aromatic carbocycles. The summed E-state index contributed by atoms with van der Waals surface area (Å²) in [6, 6.07) is 0. The van der Waals surface area contributed by atoms with Gasteiger partial charge in [0.25, 0.3) is 0 Å². The van der Waals surface area contributed by atoms with Crippen LogP contribution >= 0.6 is 35.1 Å². The summed E-state index contributed by atoms with van der Waals surface area (Å²) in [7, 11) is 0. The first-order valence-corrected chi connectivity index (χ1v) is 7.97. The average Bonchev–Trinajstić information content (AvgIpc) is 2.16. The molecule has 0 unspecified atom stereocenters. The van der Waals surface area contributed by atoms with E-state index in [0.717, 1.165) is 11.6 Å². The van der Waals surface area contributed by atoms with E-state index in [4.69, 9.17) is 11.6 Å². The van der Waals surface area contributed by atoms with E-state index in [1.807, 2.05) is 11.8 Å². The zero-order valence-corrected chi connectivity index (χ0v) is 10.9. The third kappa shape index (κ3) is 13.0. The van der Waals surface area contributed by atoms with Gasteiger partial charge in [-0.3, -0.25) is 0 Å². The molecular formula is C10H21ClS2. The topological polar surface area (TPSA) is 0 Å². The zero-order valence-electron chi connectivity index (χ0n) is 8.56. The van der Waals surface area contributed by atoms with Crippen LogP contribution in [0.25, 0.3) is 0 Å². The van der Waals surface area contributed by atoms with Crippen molar-refractivity contribution >= 4 is 35.1 Å². The molecule has 0 aromatic heterocycles. The number of rotatable bonds is 10. The molecule has 0 nitrogen and oxygen atoms in total. The summed E-state index contributed by atoms with van der Waals surface area (Å²) in [5.41, 5.74) is 0. The van der Waals surface area contributed by atoms with Crippen LogP contribution in [0, 0.1) is 0 Å². The molecule has 0 spiro atoms. The molecule has 0 N–H and O–H groups in total. The number of halogens is 1. The van der Waals surface area contributed by atoms with Gasteiger partial charge < -0.3 is 0 Å². The van der Waals surface area contributed by atoms with Crippen LogP contribution in [0.3, 0.4) is 0 Å². The van der Waals surface area contributed by atoms with Crippen molar-refractivity contribution in [2.24, 2.45) is 0 Å². The monoisotopic (exact) mass is 240 g/mol. The first-order chi connectivity index (χ1) is 6.41. The molecule has 0 atom stereocenters. The van der Waals surface area contributed by atoms with Gasteiger partial charge in [-0.25, -0.2) is 0 Å². The molecule has 0 aliphatic carbocycles. The van der Waals surface area contributed by atoms with Gasteiger partial charge >= 0.3 is 0 Å². The number of unbranched alkanes of at least 4 members (excludes halogenated alkanes) is 3. The predicted molar refractivity (Wildman–Crippen MR) is 69.5 cm³/mol. The molecule has 0 heterocycles. The molecule has 0 saturated heterocycles. The first kappa shape index (κ1) is 14.0. The number of hydrogen-bond acceptors (Lipinski definition) is 2. The summed E-state index contributed by atoms with van der Waals surface area (Å²) in [5.74, 6) is 5.82. The molecule has 0 radical (unpaired) electrons. The van der Waals surface area contributed by atoms with Crippen LogP contribution in [0.15, 0.2) is 0 Å². The van der Waals surface area contributed by atoms with Crippen molar-refractivity contribution in [1.82, 2.24) is 0 Å². The van der Waals surface area contributed by atoms with Gasteiger partial charge in [0.05, 0.1) is 0 Å². The Kier molecular flexibility index (Phi) is 14.0. The van der Waals surface area contributed by atoms with E-state index >= 15 is 0 Å². The Labute approximate surface area is 96.6 Å². The van der Waals surface area contributed by atoms with Gasteiger partial charge in [-0.2, -0.15) is 23.5 Å². The van der Waals surface area contributed by atoms with Crippen LogP contribution < -0.4 is 0 Å². The quantitative estimate of drug-likeness (QED) is 0.413. The summed E-state index contributed by atoms with van der Waals surface area (Å²) >= 11 is 9.63. The lowest BCUT2D eigenvalue weighted by Crippen LogP contribution is -1.89. The van der Waals surface area contributed by atoms with Crippen molar-refractivity contribution < 1.29 is 0 Å². The van der Waals surface area contributed by atoms with Crippen LogP contribution in [-0.4, -0.2) is 28.9 Å². The average molecular weight is 241 g/mol. The lowest BCUT2D eigenvalue weighted by molar-refractivity contribution is 0.706. The Bertz CT molecular complexity index is 79.0. The minimum absolute atomic E-state index is 0.797. The highest BCUT2D eigenvalue weighted by Gasteiger charge is 1.91. The number of alkyl halides is 1. The van der Waals surface area contributed by atoms with Crippen molar-refractivity contribution in [2.75, 3.05) is 28.9 Å². The standard InChI is InChI=1S/C10H21ClS2/c1-2-3-4-5-7-12-9-10-13-8-6-11/h2-10H2,1H3. The molecule has 0 aromatic rings. The zero-order chi connectivity index (χ0) is 9.78. The van der Waals surface area contributed by atoms with Gasteiger partial charge in [-0.1, -0.05) is 26.2 Å². The number of thioether (sulfide) groups is 2. The fraction of sp³-hybridized carbons (Fsp3) is 1.00. The van der Waals surface area contributed by atoms with Gasteiger partial charge in [0, 0.05) is 23.1 Å². The van der Waals surface area contributed by atoms with E-state index in [1.54, 1.807) is 0 Å². The number of hydrogen-bond donors (Lipinski definition) is 0. The van der Waals surface area contributed by atoms with Gasteiger partial charge in [-0.05, 0) is 12.2 Å². The highest BCUT2D eigenvalue weighted by molar-refractivity contribution is 8.02. The van der Waals surface area contributed by atoms with Crippen LogP contribution in [-0.2, 0) is 0 Å². The third-order valence-electron chi connectivity index (χ3n) is 1.74. The molecular weight excluding hydrogens is 220 g/mol. The van der Waals surface area contributed by atoms with Gasteiger partial charge in [0.2, 0.25) is 0 Å². The van der Waals surface area contributed by atoms with E-state index in [2.05, 4.69) is 18.7 Å². The maximum Gasteiger partial charge on any atom is 0.0314 e. The van der Waals surface area contributed by atoms with Crippen LogP contribution in [0.2, 0.25) is 0 Å². The molecule has 0 bridgehead atoms. The first-order valence-electron chi connectivity index (χ1n) is 5.13. The third-order valence-corrected chi connectivity index (χ3v) is 4.46. The summed E-state index contributed by atoms with van der Waals surface area (Å²) in [5, 5.41) is 0. The maximum atomic E-state index is 5.57. The Morgan fingerprint density at radius 2 is 1.54 bits per heavy atom. The lowest BCUT2D eigenvalue weighted by Gasteiger charge is -2.00. The highest BCUT2D eigenvalue weighted by Crippen LogP contribution is 2.10. The normalized spacial score (nSPS) is 10.6. The Balaban J connectivity index is 2.76. The minimum atomic E-state index is 0.797. The minimum Gasteiger partial charge on any atom is -0.161 e. The van der Waals surface area contributed by atoms with E-state index < -0.39 is 0 Å². The highest BCUT2D eigenvalue weighted by atomic mass is 35.5. The smallest absolute Gasteiger partial charge is 0.0314 e. The van der Waals surface area contributed by atoms with Gasteiger partial charge in [0.1, 0.15) is 0 Å². The van der Waals surface area contributed by atoms with E-state index in [1.165, 1.54) is 42.9 Å². The van der Waals surface area contributed by atoms with Gasteiger partial charge in [-0.15, -0.1) is 11.6 Å². The molecule has 0 amide bonds.